The molecule has 0 spiro atoms. The summed E-state index contributed by atoms with van der Waals surface area (Å²) in [6.45, 7) is 7.16. The van der Waals surface area contributed by atoms with E-state index in [1.165, 1.54) is 10.1 Å². The summed E-state index contributed by atoms with van der Waals surface area (Å²) < 4.78 is 2.88. The van der Waals surface area contributed by atoms with Gasteiger partial charge in [-0.3, -0.25) is 0 Å². The average Bonchev–Trinajstić information content (AvgIpc) is 2.45. The predicted molar refractivity (Wildman–Crippen MR) is 63.6 cm³/mol. The fourth-order valence-corrected chi connectivity index (χ4v) is 4.18. The molecule has 0 fully saturated rings. The van der Waals surface area contributed by atoms with Crippen LogP contribution in [-0.2, 0) is 0 Å². The van der Waals surface area contributed by atoms with Crippen molar-refractivity contribution in [3.8, 4) is 0 Å². The molecule has 13 heavy (non-hydrogen) atoms. The molecule has 0 aliphatic heterocycles. The van der Waals surface area contributed by atoms with Crippen LogP contribution in [0.15, 0.2) is 24.3 Å². The Kier molecular flexibility index (Phi) is 2.04. The summed E-state index contributed by atoms with van der Waals surface area (Å²) >= 11 is 1.91. The molecule has 0 saturated carbocycles. The topological polar surface area (TPSA) is 0 Å². The monoisotopic (exact) mass is 205 g/mol. The van der Waals surface area contributed by atoms with E-state index in [4.69, 9.17) is 0 Å². The van der Waals surface area contributed by atoms with Crippen LogP contribution in [0.5, 0.6) is 0 Å². The van der Waals surface area contributed by atoms with E-state index in [1.54, 1.807) is 4.50 Å². The highest BCUT2D eigenvalue weighted by Gasteiger charge is 2.18. The van der Waals surface area contributed by atoms with Gasteiger partial charge in [0.25, 0.3) is 0 Å². The molecule has 0 N–H and O–H groups in total. The van der Waals surface area contributed by atoms with Crippen molar-refractivity contribution < 1.29 is 0 Å². The van der Waals surface area contributed by atoms with Crippen molar-refractivity contribution in [1.82, 2.24) is 0 Å². The van der Waals surface area contributed by atoms with Gasteiger partial charge in [-0.2, -0.15) is 0 Å². The molecule has 1 aromatic heterocycles. The lowest BCUT2D eigenvalue weighted by Crippen LogP contribution is -2.34. The SMILES string of the molecule is C[Si](C)(C)c1cc2ccc[c]c2s1. The summed E-state index contributed by atoms with van der Waals surface area (Å²) in [5, 5.41) is 1.35. The Morgan fingerprint density at radius 2 is 2.08 bits per heavy atom. The third-order valence-electron chi connectivity index (χ3n) is 2.09. The van der Waals surface area contributed by atoms with Crippen molar-refractivity contribution in [3.63, 3.8) is 0 Å². The van der Waals surface area contributed by atoms with Gasteiger partial charge in [0.1, 0.15) is 0 Å². The Hall–Kier alpha value is -0.603. The second-order valence-corrected chi connectivity index (χ2v) is 10.8. The predicted octanol–water partition coefficient (Wildman–Crippen LogP) is 3.25. The smallest absolute Gasteiger partial charge is 0.0904 e. The Bertz CT molecular complexity index is 390. The van der Waals surface area contributed by atoms with Gasteiger partial charge in [0, 0.05) is 10.8 Å². The van der Waals surface area contributed by atoms with Gasteiger partial charge in [-0.05, 0) is 16.0 Å². The first-order chi connectivity index (χ1) is 6.07. The maximum absolute atomic E-state index is 3.28. The molecule has 0 aliphatic rings. The van der Waals surface area contributed by atoms with E-state index < -0.39 is 8.07 Å². The standard InChI is InChI=1S/C11H13SSi/c1-13(2,3)11-8-9-6-4-5-7-10(9)12-11/h4-6,8H,1-3H3. The van der Waals surface area contributed by atoms with Crippen LogP contribution in [-0.4, -0.2) is 8.07 Å². The van der Waals surface area contributed by atoms with Gasteiger partial charge >= 0.3 is 0 Å². The molecular formula is C11H13SSi. The van der Waals surface area contributed by atoms with Gasteiger partial charge in [-0.15, -0.1) is 11.3 Å². The summed E-state index contributed by atoms with van der Waals surface area (Å²) in [6.07, 6.45) is 0. The normalized spacial score (nSPS) is 12.2. The van der Waals surface area contributed by atoms with Gasteiger partial charge in [-0.1, -0.05) is 37.8 Å². The van der Waals surface area contributed by atoms with Crippen molar-refractivity contribution in [2.24, 2.45) is 0 Å². The molecule has 1 heterocycles. The maximum Gasteiger partial charge on any atom is 0.0904 e. The zero-order chi connectivity index (χ0) is 9.47. The first-order valence-corrected chi connectivity index (χ1v) is 8.80. The highest BCUT2D eigenvalue weighted by molar-refractivity contribution is 7.31. The van der Waals surface area contributed by atoms with Crippen LogP contribution in [0.2, 0.25) is 19.6 Å². The number of fused-ring (bicyclic) bond motifs is 1. The van der Waals surface area contributed by atoms with Crippen molar-refractivity contribution in [2.75, 3.05) is 0 Å². The van der Waals surface area contributed by atoms with Gasteiger partial charge in [0.2, 0.25) is 0 Å². The largest absolute Gasteiger partial charge is 0.144 e. The average molecular weight is 205 g/mol. The molecule has 0 bridgehead atoms. The minimum Gasteiger partial charge on any atom is -0.144 e. The highest BCUT2D eigenvalue weighted by Crippen LogP contribution is 2.20. The fraction of sp³-hybridized carbons (Fsp3) is 0.273. The summed E-state index contributed by atoms with van der Waals surface area (Å²) in [5.41, 5.74) is 0. The third kappa shape index (κ3) is 1.69. The third-order valence-corrected chi connectivity index (χ3v) is 6.75. The van der Waals surface area contributed by atoms with E-state index in [0.29, 0.717) is 0 Å². The van der Waals surface area contributed by atoms with Crippen molar-refractivity contribution in [1.29, 1.82) is 0 Å². The first kappa shape index (κ1) is 8.97. The number of thiophene rings is 1. The van der Waals surface area contributed by atoms with Gasteiger partial charge in [0.05, 0.1) is 8.07 Å². The van der Waals surface area contributed by atoms with Gasteiger partial charge < -0.3 is 0 Å². The number of rotatable bonds is 1. The van der Waals surface area contributed by atoms with Crippen LogP contribution in [0, 0.1) is 6.07 Å². The van der Waals surface area contributed by atoms with Crippen molar-refractivity contribution >= 4 is 34.0 Å². The Morgan fingerprint density at radius 1 is 1.31 bits per heavy atom. The molecule has 2 heteroatoms. The van der Waals surface area contributed by atoms with Crippen LogP contribution in [0.3, 0.4) is 0 Å². The molecule has 2 aromatic rings. The first-order valence-electron chi connectivity index (χ1n) is 4.48. The maximum atomic E-state index is 3.28. The van der Waals surface area contributed by atoms with Crippen molar-refractivity contribution in [2.45, 2.75) is 19.6 Å². The van der Waals surface area contributed by atoms with Gasteiger partial charge in [0.15, 0.2) is 0 Å². The number of hydrogen-bond acceptors (Lipinski definition) is 1. The quantitative estimate of drug-likeness (QED) is 0.627. The Labute approximate surface area is 84.2 Å². The van der Waals surface area contributed by atoms with Crippen LogP contribution in [0.4, 0.5) is 0 Å². The lowest BCUT2D eigenvalue weighted by atomic mass is 10.3. The molecule has 0 nitrogen and oxygen atoms in total. The van der Waals surface area contributed by atoms with Crippen molar-refractivity contribution in [3.05, 3.63) is 30.3 Å². The van der Waals surface area contributed by atoms with E-state index in [-0.39, 0.29) is 0 Å². The summed E-state index contributed by atoms with van der Waals surface area (Å²) in [4.78, 5) is 0. The van der Waals surface area contributed by atoms with Crippen LogP contribution < -0.4 is 4.50 Å². The Balaban J connectivity index is 2.63. The molecule has 0 unspecified atom stereocenters. The molecule has 67 valence electrons. The Morgan fingerprint density at radius 3 is 2.69 bits per heavy atom. The van der Waals surface area contributed by atoms with E-state index in [2.05, 4.69) is 43.9 Å². The molecule has 0 aliphatic carbocycles. The number of hydrogen-bond donors (Lipinski definition) is 0. The van der Waals surface area contributed by atoms with Gasteiger partial charge in [-0.25, -0.2) is 0 Å². The molecular weight excluding hydrogens is 192 g/mol. The summed E-state index contributed by atoms with van der Waals surface area (Å²) in [6, 6.07) is 11.8. The lowest BCUT2D eigenvalue weighted by Gasteiger charge is -2.11. The van der Waals surface area contributed by atoms with Crippen LogP contribution >= 0.6 is 11.3 Å². The zero-order valence-corrected chi connectivity index (χ0v) is 10.0. The van der Waals surface area contributed by atoms with E-state index in [9.17, 15) is 0 Å². The molecule has 0 saturated heterocycles. The van der Waals surface area contributed by atoms with Crippen LogP contribution in [0.25, 0.3) is 10.1 Å². The van der Waals surface area contributed by atoms with E-state index in [1.807, 2.05) is 17.4 Å². The molecule has 0 amide bonds. The minimum atomic E-state index is -1.12. The zero-order valence-electron chi connectivity index (χ0n) is 8.22. The molecule has 0 atom stereocenters. The molecule has 2 rings (SSSR count). The summed E-state index contributed by atoms with van der Waals surface area (Å²) in [7, 11) is -1.12. The lowest BCUT2D eigenvalue weighted by molar-refractivity contribution is 1.79. The second-order valence-electron chi connectivity index (χ2n) is 4.32. The number of benzene rings is 1. The second kappa shape index (κ2) is 2.96. The molecule has 1 aromatic carbocycles. The summed E-state index contributed by atoms with van der Waals surface area (Å²) in [5.74, 6) is 0. The minimum absolute atomic E-state index is 1.12. The van der Waals surface area contributed by atoms with E-state index in [0.717, 1.165) is 0 Å². The fourth-order valence-electron chi connectivity index (χ4n) is 1.29. The molecule has 1 radical (unpaired) electrons. The van der Waals surface area contributed by atoms with Crippen LogP contribution in [0.1, 0.15) is 0 Å². The highest BCUT2D eigenvalue weighted by atomic mass is 32.1. The van der Waals surface area contributed by atoms with E-state index >= 15 is 0 Å².